The Morgan fingerprint density at radius 1 is 1.60 bits per heavy atom. The largest absolute Gasteiger partial charge is 0.388 e. The van der Waals surface area contributed by atoms with Gasteiger partial charge in [-0.3, -0.25) is 4.79 Å². The summed E-state index contributed by atoms with van der Waals surface area (Å²) in [5, 5.41) is 14.4. The van der Waals surface area contributed by atoms with Gasteiger partial charge in [-0.15, -0.1) is 11.3 Å². The highest BCUT2D eigenvalue weighted by Crippen LogP contribution is 2.32. The van der Waals surface area contributed by atoms with Crippen LogP contribution in [0.25, 0.3) is 0 Å². The number of thiophene rings is 1. The Morgan fingerprint density at radius 2 is 2.25 bits per heavy atom. The molecule has 0 saturated carbocycles. The summed E-state index contributed by atoms with van der Waals surface area (Å²) in [6, 6.07) is 1.50. The molecule has 1 aromatic heterocycles. The molecule has 0 aliphatic heterocycles. The van der Waals surface area contributed by atoms with E-state index in [1.807, 2.05) is 13.8 Å². The van der Waals surface area contributed by atoms with Crippen molar-refractivity contribution < 1.29 is 18.7 Å². The number of hydrogen-bond acceptors (Lipinski definition) is 4. The van der Waals surface area contributed by atoms with Gasteiger partial charge in [0.15, 0.2) is 0 Å². The second-order valence-corrected chi connectivity index (χ2v) is 6.79. The lowest BCUT2D eigenvalue weighted by molar-refractivity contribution is 0.00594. The molecule has 2 atom stereocenters. The fraction of sp³-hybridized carbons (Fsp3) is 0.615. The Kier molecular flexibility index (Phi) is 6.42. The van der Waals surface area contributed by atoms with Gasteiger partial charge in [-0.2, -0.15) is 8.78 Å². The smallest absolute Gasteiger partial charge is 0.288 e. The number of rotatable bonds is 7. The molecule has 3 nitrogen and oxygen atoms in total. The molecule has 0 saturated heterocycles. The molecular weight excluding hydrogens is 304 g/mol. The summed E-state index contributed by atoms with van der Waals surface area (Å²) in [6.45, 7) is 5.61. The van der Waals surface area contributed by atoms with Crippen LogP contribution in [0, 0.1) is 5.92 Å². The highest BCUT2D eigenvalue weighted by molar-refractivity contribution is 7.99. The molecule has 1 heterocycles. The SMILES string of the molecule is CCC(C)C(C)(O)CNC(=O)c1sccc1SC(F)F. The number of nitrogens with one attached hydrogen (secondary N) is 1. The summed E-state index contributed by atoms with van der Waals surface area (Å²) in [7, 11) is 0. The lowest BCUT2D eigenvalue weighted by atomic mass is 9.88. The van der Waals surface area contributed by atoms with Crippen molar-refractivity contribution in [2.45, 2.75) is 43.4 Å². The van der Waals surface area contributed by atoms with E-state index in [2.05, 4.69) is 5.32 Å². The molecule has 114 valence electrons. The van der Waals surface area contributed by atoms with E-state index in [1.54, 1.807) is 12.3 Å². The van der Waals surface area contributed by atoms with E-state index in [1.165, 1.54) is 6.07 Å². The first-order valence-corrected chi connectivity index (χ1v) is 8.06. The number of alkyl halides is 2. The number of aliphatic hydroxyl groups is 1. The normalized spacial score (nSPS) is 15.9. The number of amides is 1. The second-order valence-electron chi connectivity index (χ2n) is 4.84. The zero-order valence-electron chi connectivity index (χ0n) is 11.7. The molecule has 0 aliphatic carbocycles. The molecule has 1 rings (SSSR count). The minimum absolute atomic E-state index is 0.0287. The maximum absolute atomic E-state index is 12.4. The Bertz CT molecular complexity index is 449. The molecular formula is C13H19F2NO2S2. The summed E-state index contributed by atoms with van der Waals surface area (Å²) in [5.74, 6) is -2.95. The maximum atomic E-state index is 12.4. The van der Waals surface area contributed by atoms with Gasteiger partial charge in [-0.25, -0.2) is 0 Å². The van der Waals surface area contributed by atoms with Crippen molar-refractivity contribution in [1.82, 2.24) is 5.32 Å². The van der Waals surface area contributed by atoms with Gasteiger partial charge in [-0.1, -0.05) is 32.0 Å². The van der Waals surface area contributed by atoms with Gasteiger partial charge in [0, 0.05) is 11.4 Å². The topological polar surface area (TPSA) is 49.3 Å². The highest BCUT2D eigenvalue weighted by Gasteiger charge is 2.28. The van der Waals surface area contributed by atoms with Crippen LogP contribution in [0.1, 0.15) is 36.9 Å². The maximum Gasteiger partial charge on any atom is 0.288 e. The van der Waals surface area contributed by atoms with E-state index in [9.17, 15) is 18.7 Å². The molecule has 2 unspecified atom stereocenters. The van der Waals surface area contributed by atoms with E-state index < -0.39 is 17.3 Å². The quantitative estimate of drug-likeness (QED) is 0.754. The van der Waals surface area contributed by atoms with Crippen LogP contribution in [0.4, 0.5) is 8.78 Å². The van der Waals surface area contributed by atoms with Crippen LogP contribution in [0.15, 0.2) is 16.3 Å². The van der Waals surface area contributed by atoms with Gasteiger partial charge in [0.1, 0.15) is 4.88 Å². The molecule has 0 fully saturated rings. The molecule has 0 aromatic carbocycles. The van der Waals surface area contributed by atoms with Crippen LogP contribution in [0.2, 0.25) is 0 Å². The fourth-order valence-corrected chi connectivity index (χ4v) is 3.22. The van der Waals surface area contributed by atoms with Crippen molar-refractivity contribution >= 4 is 29.0 Å². The van der Waals surface area contributed by atoms with Crippen molar-refractivity contribution in [2.24, 2.45) is 5.92 Å². The molecule has 20 heavy (non-hydrogen) atoms. The van der Waals surface area contributed by atoms with Gasteiger partial charge < -0.3 is 10.4 Å². The second kappa shape index (κ2) is 7.38. The molecule has 0 bridgehead atoms. The van der Waals surface area contributed by atoms with Crippen molar-refractivity contribution in [3.8, 4) is 0 Å². The number of carbonyl (C=O) groups excluding carboxylic acids is 1. The van der Waals surface area contributed by atoms with Crippen LogP contribution in [0.5, 0.6) is 0 Å². The van der Waals surface area contributed by atoms with E-state index >= 15 is 0 Å². The predicted octanol–water partition coefficient (Wildman–Crippen LogP) is 3.59. The van der Waals surface area contributed by atoms with Crippen molar-refractivity contribution in [1.29, 1.82) is 0 Å². The lowest BCUT2D eigenvalue weighted by Gasteiger charge is -2.29. The average Bonchev–Trinajstić information content (AvgIpc) is 2.82. The summed E-state index contributed by atoms with van der Waals surface area (Å²) < 4.78 is 24.7. The molecule has 0 aliphatic rings. The molecule has 1 amide bonds. The van der Waals surface area contributed by atoms with E-state index in [4.69, 9.17) is 0 Å². The number of hydrogen-bond donors (Lipinski definition) is 2. The van der Waals surface area contributed by atoms with Gasteiger partial charge in [-0.05, 0) is 24.3 Å². The minimum Gasteiger partial charge on any atom is -0.388 e. The average molecular weight is 323 g/mol. The Morgan fingerprint density at radius 3 is 2.80 bits per heavy atom. The Labute approximate surface area is 125 Å². The van der Waals surface area contributed by atoms with E-state index in [0.717, 1.165) is 17.8 Å². The van der Waals surface area contributed by atoms with Crippen molar-refractivity contribution in [2.75, 3.05) is 6.54 Å². The Hall–Kier alpha value is -0.660. The van der Waals surface area contributed by atoms with Gasteiger partial charge >= 0.3 is 0 Å². The molecule has 0 spiro atoms. The van der Waals surface area contributed by atoms with Crippen LogP contribution in [-0.4, -0.2) is 28.9 Å². The first kappa shape index (κ1) is 17.4. The molecule has 0 radical (unpaired) electrons. The van der Waals surface area contributed by atoms with Crippen molar-refractivity contribution in [3.63, 3.8) is 0 Å². The number of halogens is 2. The highest BCUT2D eigenvalue weighted by atomic mass is 32.2. The van der Waals surface area contributed by atoms with Gasteiger partial charge in [0.25, 0.3) is 11.7 Å². The van der Waals surface area contributed by atoms with Crippen molar-refractivity contribution in [3.05, 3.63) is 16.3 Å². The summed E-state index contributed by atoms with van der Waals surface area (Å²) >= 11 is 1.47. The molecule has 7 heteroatoms. The van der Waals surface area contributed by atoms with Crippen LogP contribution in [0.3, 0.4) is 0 Å². The molecule has 1 aromatic rings. The van der Waals surface area contributed by atoms with E-state index in [-0.39, 0.29) is 22.2 Å². The third kappa shape index (κ3) is 4.71. The Balaban J connectivity index is 2.66. The summed E-state index contributed by atoms with van der Waals surface area (Å²) in [6.07, 6.45) is 0.786. The van der Waals surface area contributed by atoms with Crippen LogP contribution in [-0.2, 0) is 0 Å². The zero-order chi connectivity index (χ0) is 15.3. The number of thioether (sulfide) groups is 1. The first-order valence-electron chi connectivity index (χ1n) is 6.30. The number of carbonyl (C=O) groups is 1. The summed E-state index contributed by atoms with van der Waals surface area (Å²) in [5.41, 5.74) is -1.02. The third-order valence-corrected chi connectivity index (χ3v) is 5.15. The molecule has 2 N–H and O–H groups in total. The standard InChI is InChI=1S/C13H19F2NO2S2/c1-4-8(2)13(3,18)7-16-11(17)10-9(5-6-19-10)20-12(14)15/h5-6,8,12,18H,4,7H2,1-3H3,(H,16,17). The predicted molar refractivity (Wildman–Crippen MR) is 78.6 cm³/mol. The van der Waals surface area contributed by atoms with Crippen LogP contribution < -0.4 is 5.32 Å². The first-order chi connectivity index (χ1) is 9.27. The van der Waals surface area contributed by atoms with E-state index in [0.29, 0.717) is 11.8 Å². The lowest BCUT2D eigenvalue weighted by Crippen LogP contribution is -2.45. The third-order valence-electron chi connectivity index (χ3n) is 3.33. The monoisotopic (exact) mass is 323 g/mol. The zero-order valence-corrected chi connectivity index (χ0v) is 13.3. The fourth-order valence-electron chi connectivity index (χ4n) is 1.61. The van der Waals surface area contributed by atoms with Crippen LogP contribution >= 0.6 is 23.1 Å². The van der Waals surface area contributed by atoms with Gasteiger partial charge in [0.05, 0.1) is 5.60 Å². The summed E-state index contributed by atoms with van der Waals surface area (Å²) in [4.78, 5) is 12.5. The van der Waals surface area contributed by atoms with Gasteiger partial charge in [0.2, 0.25) is 0 Å². The minimum atomic E-state index is -2.56.